The number of nitrogens with zero attached hydrogens (tertiary/aromatic N) is 4. The minimum absolute atomic E-state index is 0.456. The molecule has 1 aromatic heterocycles. The molecule has 5 heteroatoms. The Kier molecular flexibility index (Phi) is 6.57. The molecule has 39 heavy (non-hydrogen) atoms. The maximum Gasteiger partial charge on any atom is 0.205 e. The van der Waals surface area contributed by atoms with Crippen LogP contribution in [-0.2, 0) is 5.54 Å². The highest BCUT2D eigenvalue weighted by molar-refractivity contribution is 5.83. The highest BCUT2D eigenvalue weighted by Gasteiger charge is 2.41. The fourth-order valence-corrected chi connectivity index (χ4v) is 5.37. The zero-order valence-electron chi connectivity index (χ0n) is 21.6. The second kappa shape index (κ2) is 10.5. The van der Waals surface area contributed by atoms with Crippen molar-refractivity contribution in [3.05, 3.63) is 162 Å². The van der Waals surface area contributed by atoms with Crippen LogP contribution >= 0.6 is 0 Å². The normalized spacial score (nSPS) is 12.3. The van der Waals surface area contributed by atoms with Crippen LogP contribution in [0, 0.1) is 0 Å². The highest BCUT2D eigenvalue weighted by Crippen LogP contribution is 2.41. The maximum atomic E-state index is 10.8. The van der Waals surface area contributed by atoms with Gasteiger partial charge in [-0.2, -0.15) is 0 Å². The lowest BCUT2D eigenvalue weighted by Gasteiger charge is -2.34. The van der Waals surface area contributed by atoms with Crippen LogP contribution in [-0.4, -0.2) is 25.3 Å². The van der Waals surface area contributed by atoms with Crippen LogP contribution < -0.4 is 0 Å². The molecule has 0 fully saturated rings. The van der Waals surface area contributed by atoms with E-state index in [0.29, 0.717) is 5.82 Å². The Morgan fingerprint density at radius 2 is 1.10 bits per heavy atom. The molecule has 1 heterocycles. The van der Waals surface area contributed by atoms with Crippen LogP contribution in [0.3, 0.4) is 0 Å². The number of hydrogen-bond donors (Lipinski definition) is 1. The van der Waals surface area contributed by atoms with Crippen molar-refractivity contribution in [2.75, 3.05) is 0 Å². The van der Waals surface area contributed by atoms with E-state index >= 15 is 0 Å². The van der Waals surface area contributed by atoms with E-state index in [1.54, 1.807) is 11.7 Å². The Bertz CT molecular complexity index is 1570. The van der Waals surface area contributed by atoms with Crippen LogP contribution in [0.1, 0.15) is 35.3 Å². The third-order valence-corrected chi connectivity index (χ3v) is 7.14. The monoisotopic (exact) mass is 508 g/mol. The van der Waals surface area contributed by atoms with E-state index in [9.17, 15) is 5.11 Å². The molecule has 6 aromatic rings. The Morgan fingerprint density at radius 1 is 0.615 bits per heavy atom. The summed E-state index contributed by atoms with van der Waals surface area (Å²) in [5, 5.41) is 25.2. The van der Waals surface area contributed by atoms with Crippen molar-refractivity contribution in [1.29, 1.82) is 0 Å². The minimum atomic E-state index is -0.873. The van der Waals surface area contributed by atoms with E-state index in [-0.39, 0.29) is 0 Å². The Morgan fingerprint density at radius 3 is 1.59 bits per heavy atom. The van der Waals surface area contributed by atoms with E-state index in [4.69, 9.17) is 10.3 Å². The van der Waals surface area contributed by atoms with E-state index in [0.717, 1.165) is 38.9 Å². The van der Waals surface area contributed by atoms with Gasteiger partial charge in [0.25, 0.3) is 0 Å². The minimum Gasteiger partial charge on any atom is -0.389 e. The molecular weight excluding hydrogens is 480 g/mol. The van der Waals surface area contributed by atoms with Gasteiger partial charge < -0.3 is 5.11 Å². The van der Waals surface area contributed by atoms with Crippen molar-refractivity contribution < 1.29 is 5.11 Å². The van der Waals surface area contributed by atoms with Gasteiger partial charge in [0.05, 0.1) is 6.10 Å². The van der Waals surface area contributed by atoms with Crippen LogP contribution in [0.5, 0.6) is 0 Å². The van der Waals surface area contributed by atoms with Gasteiger partial charge in [-0.05, 0) is 45.5 Å². The SMILES string of the molecule is CC(O)c1cccc(-c2ccccc2)c1-c1nnn(C(c2ccccc2)(c2ccccc2)c2ccccc2)n1. The van der Waals surface area contributed by atoms with Crippen LogP contribution in [0.4, 0.5) is 0 Å². The van der Waals surface area contributed by atoms with Crippen molar-refractivity contribution in [3.63, 3.8) is 0 Å². The summed E-state index contributed by atoms with van der Waals surface area (Å²) in [7, 11) is 0. The largest absolute Gasteiger partial charge is 0.389 e. The first-order chi connectivity index (χ1) is 19.2. The highest BCUT2D eigenvalue weighted by atomic mass is 16.3. The van der Waals surface area contributed by atoms with Gasteiger partial charge in [-0.15, -0.1) is 15.0 Å². The average molecular weight is 509 g/mol. The summed E-state index contributed by atoms with van der Waals surface area (Å²) >= 11 is 0. The number of rotatable bonds is 7. The second-order valence-electron chi connectivity index (χ2n) is 9.52. The Hall–Kier alpha value is -4.87. The van der Waals surface area contributed by atoms with Gasteiger partial charge in [-0.25, -0.2) is 0 Å². The number of hydrogen-bond acceptors (Lipinski definition) is 4. The lowest BCUT2D eigenvalue weighted by atomic mass is 9.77. The summed E-state index contributed by atoms with van der Waals surface area (Å²) in [6, 6.07) is 46.8. The molecule has 1 unspecified atom stereocenters. The van der Waals surface area contributed by atoms with Crippen molar-refractivity contribution in [2.24, 2.45) is 0 Å². The van der Waals surface area contributed by atoms with E-state index in [1.807, 2.05) is 91.0 Å². The molecule has 0 saturated heterocycles. The number of aliphatic hydroxyl groups is 1. The zero-order valence-corrected chi connectivity index (χ0v) is 21.6. The van der Waals surface area contributed by atoms with Gasteiger partial charge in [-0.3, -0.25) is 0 Å². The summed E-state index contributed by atoms with van der Waals surface area (Å²) in [6.07, 6.45) is -0.710. The first-order valence-electron chi connectivity index (χ1n) is 13.0. The predicted molar refractivity (Wildman–Crippen MR) is 154 cm³/mol. The molecule has 1 N–H and O–H groups in total. The van der Waals surface area contributed by atoms with Gasteiger partial charge in [0, 0.05) is 5.56 Å². The molecule has 190 valence electrons. The third-order valence-electron chi connectivity index (χ3n) is 7.14. The fraction of sp³-hybridized carbons (Fsp3) is 0.0882. The van der Waals surface area contributed by atoms with E-state index in [1.165, 1.54) is 0 Å². The maximum absolute atomic E-state index is 10.8. The van der Waals surface area contributed by atoms with Crippen molar-refractivity contribution >= 4 is 0 Å². The molecule has 5 nitrogen and oxygen atoms in total. The molecular formula is C34H28N4O. The number of benzene rings is 5. The first-order valence-corrected chi connectivity index (χ1v) is 13.0. The lowest BCUT2D eigenvalue weighted by Crippen LogP contribution is -2.39. The van der Waals surface area contributed by atoms with Gasteiger partial charge in [-0.1, -0.05) is 140 Å². The molecule has 0 saturated carbocycles. The van der Waals surface area contributed by atoms with E-state index in [2.05, 4.69) is 53.6 Å². The fourth-order valence-electron chi connectivity index (χ4n) is 5.37. The molecule has 0 amide bonds. The zero-order chi connectivity index (χ0) is 26.7. The summed E-state index contributed by atoms with van der Waals surface area (Å²) in [5.41, 5.74) is 5.65. The Labute approximate surface area is 228 Å². The van der Waals surface area contributed by atoms with Crippen LogP contribution in [0.25, 0.3) is 22.5 Å². The molecule has 0 aliphatic heterocycles. The molecule has 0 radical (unpaired) electrons. The van der Waals surface area contributed by atoms with Gasteiger partial charge >= 0.3 is 0 Å². The van der Waals surface area contributed by atoms with E-state index < -0.39 is 11.6 Å². The van der Waals surface area contributed by atoms with Crippen LogP contribution in [0.2, 0.25) is 0 Å². The molecule has 1 atom stereocenters. The lowest BCUT2D eigenvalue weighted by molar-refractivity contribution is 0.200. The number of tetrazole rings is 1. The molecule has 0 bridgehead atoms. The summed E-state index contributed by atoms with van der Waals surface area (Å²) < 4.78 is 0. The molecule has 0 aliphatic rings. The summed E-state index contributed by atoms with van der Waals surface area (Å²) in [5.74, 6) is 0.456. The molecule has 0 aliphatic carbocycles. The van der Waals surface area contributed by atoms with Gasteiger partial charge in [0.1, 0.15) is 0 Å². The van der Waals surface area contributed by atoms with Gasteiger partial charge in [0.15, 0.2) is 5.54 Å². The smallest absolute Gasteiger partial charge is 0.205 e. The number of aliphatic hydroxyl groups excluding tert-OH is 1. The first kappa shape index (κ1) is 24.5. The number of aromatic nitrogens is 4. The summed E-state index contributed by atoms with van der Waals surface area (Å²) in [4.78, 5) is 1.72. The second-order valence-corrected chi connectivity index (χ2v) is 9.52. The molecule has 5 aromatic carbocycles. The quantitative estimate of drug-likeness (QED) is 0.238. The average Bonchev–Trinajstić information content (AvgIpc) is 3.49. The Balaban J connectivity index is 1.65. The third kappa shape index (κ3) is 4.33. The van der Waals surface area contributed by atoms with Gasteiger partial charge in [0.2, 0.25) is 5.82 Å². The standard InChI is InChI=1S/C34H28N4O/c1-25(39)30-23-14-24-31(26-15-6-2-7-16-26)32(30)33-35-37-38(36-33)34(27-17-8-3-9-18-27,28-19-10-4-11-20-28)29-21-12-5-13-22-29/h2-25,39H,1H3. The predicted octanol–water partition coefficient (Wildman–Crippen LogP) is 6.90. The summed E-state index contributed by atoms with van der Waals surface area (Å²) in [6.45, 7) is 1.76. The van der Waals surface area contributed by atoms with Crippen molar-refractivity contribution in [1.82, 2.24) is 20.2 Å². The molecule has 0 spiro atoms. The molecule has 6 rings (SSSR count). The van der Waals surface area contributed by atoms with Crippen molar-refractivity contribution in [3.8, 4) is 22.5 Å². The topological polar surface area (TPSA) is 63.8 Å². The van der Waals surface area contributed by atoms with Crippen molar-refractivity contribution in [2.45, 2.75) is 18.6 Å². The van der Waals surface area contributed by atoms with Crippen LogP contribution in [0.15, 0.2) is 140 Å².